The van der Waals surface area contributed by atoms with Gasteiger partial charge in [0.25, 0.3) is 0 Å². The number of hydrogen-bond donors (Lipinski definition) is 2. The van der Waals surface area contributed by atoms with E-state index in [4.69, 9.17) is 16.3 Å². The van der Waals surface area contributed by atoms with E-state index >= 15 is 0 Å². The minimum Gasteiger partial charge on any atom is -0.494 e. The van der Waals surface area contributed by atoms with Crippen LogP contribution in [0.4, 0.5) is 11.4 Å². The number of anilines is 2. The number of carbonyl (C=O) groups is 2. The second kappa shape index (κ2) is 8.94. The maximum Gasteiger partial charge on any atom is 0.337 e. The summed E-state index contributed by atoms with van der Waals surface area (Å²) in [6, 6.07) is 11.7. The summed E-state index contributed by atoms with van der Waals surface area (Å²) in [6.07, 6.45) is 0. The van der Waals surface area contributed by atoms with Gasteiger partial charge in [-0.05, 0) is 49.4 Å². The third kappa shape index (κ3) is 5.39. The molecule has 2 N–H and O–H groups in total. The fraction of sp³-hybridized carbons (Fsp3) is 0.222. The quantitative estimate of drug-likeness (QED) is 0.736. The summed E-state index contributed by atoms with van der Waals surface area (Å²) >= 11 is 6.07. The number of amides is 1. The molecule has 0 heterocycles. The van der Waals surface area contributed by atoms with Crippen molar-refractivity contribution in [2.24, 2.45) is 0 Å². The highest BCUT2D eigenvalue weighted by atomic mass is 35.5. The molecule has 0 fully saturated rings. The minimum atomic E-state index is -0.474. The van der Waals surface area contributed by atoms with E-state index in [1.165, 1.54) is 7.11 Å². The second-order valence-corrected chi connectivity index (χ2v) is 5.45. The summed E-state index contributed by atoms with van der Waals surface area (Å²) in [5.41, 5.74) is 1.48. The van der Waals surface area contributed by atoms with Crippen LogP contribution in [0.3, 0.4) is 0 Å². The molecule has 0 aliphatic carbocycles. The van der Waals surface area contributed by atoms with E-state index < -0.39 is 5.97 Å². The summed E-state index contributed by atoms with van der Waals surface area (Å²) in [5, 5.41) is 6.07. The zero-order valence-corrected chi connectivity index (χ0v) is 14.7. The molecule has 0 bridgehead atoms. The summed E-state index contributed by atoms with van der Waals surface area (Å²) in [5.74, 6) is 0.0206. The number of rotatable bonds is 7. The van der Waals surface area contributed by atoms with E-state index in [1.807, 2.05) is 6.92 Å². The molecule has 0 aliphatic rings. The molecule has 2 aromatic rings. The Balaban J connectivity index is 1.94. The number of hydrogen-bond acceptors (Lipinski definition) is 5. The van der Waals surface area contributed by atoms with Crippen molar-refractivity contribution in [2.75, 3.05) is 30.9 Å². The van der Waals surface area contributed by atoms with Crippen molar-refractivity contribution in [2.45, 2.75) is 6.92 Å². The molecule has 0 radical (unpaired) electrons. The van der Waals surface area contributed by atoms with Gasteiger partial charge in [0, 0.05) is 5.69 Å². The lowest BCUT2D eigenvalue weighted by atomic mass is 10.2. The smallest absolute Gasteiger partial charge is 0.337 e. The van der Waals surface area contributed by atoms with Gasteiger partial charge in [0.15, 0.2) is 0 Å². The molecular formula is C18H19ClN2O4. The predicted molar refractivity (Wildman–Crippen MR) is 97.5 cm³/mol. The van der Waals surface area contributed by atoms with Gasteiger partial charge in [-0.15, -0.1) is 0 Å². The highest BCUT2D eigenvalue weighted by molar-refractivity contribution is 6.33. The van der Waals surface area contributed by atoms with E-state index in [9.17, 15) is 9.59 Å². The Bertz CT molecular complexity index is 747. The molecule has 6 nitrogen and oxygen atoms in total. The van der Waals surface area contributed by atoms with Crippen molar-refractivity contribution >= 4 is 34.9 Å². The van der Waals surface area contributed by atoms with E-state index in [0.717, 1.165) is 5.75 Å². The second-order valence-electron chi connectivity index (χ2n) is 5.05. The number of methoxy groups -OCH3 is 1. The molecule has 0 saturated carbocycles. The topological polar surface area (TPSA) is 76.7 Å². The van der Waals surface area contributed by atoms with Crippen molar-refractivity contribution in [3.63, 3.8) is 0 Å². The number of esters is 1. The van der Waals surface area contributed by atoms with Crippen molar-refractivity contribution < 1.29 is 19.1 Å². The normalized spacial score (nSPS) is 10.0. The van der Waals surface area contributed by atoms with Crippen molar-refractivity contribution in [3.8, 4) is 5.75 Å². The van der Waals surface area contributed by atoms with Crippen molar-refractivity contribution in [3.05, 3.63) is 53.1 Å². The Hall–Kier alpha value is -2.73. The Kier molecular flexibility index (Phi) is 6.65. The van der Waals surface area contributed by atoms with Crippen LogP contribution in [0.5, 0.6) is 5.75 Å². The van der Waals surface area contributed by atoms with Crippen molar-refractivity contribution in [1.82, 2.24) is 0 Å². The number of halogens is 1. The fourth-order valence-electron chi connectivity index (χ4n) is 2.09. The molecule has 2 aromatic carbocycles. The molecule has 7 heteroatoms. The summed E-state index contributed by atoms with van der Waals surface area (Å²) < 4.78 is 10.0. The first-order chi connectivity index (χ1) is 12.0. The van der Waals surface area contributed by atoms with E-state index in [2.05, 4.69) is 15.4 Å². The molecule has 0 spiro atoms. The number of benzene rings is 2. The average Bonchev–Trinajstić information content (AvgIpc) is 2.62. The van der Waals surface area contributed by atoms with Gasteiger partial charge >= 0.3 is 5.97 Å². The molecule has 0 saturated heterocycles. The van der Waals surface area contributed by atoms with Crippen LogP contribution in [0.15, 0.2) is 42.5 Å². The standard InChI is InChI=1S/C18H19ClN2O4/c1-3-25-14-7-5-13(6-8-14)21-17(22)11-20-16-10-12(18(23)24-2)4-9-15(16)19/h4-10,20H,3,11H2,1-2H3,(H,21,22). The first-order valence-electron chi connectivity index (χ1n) is 7.68. The summed E-state index contributed by atoms with van der Waals surface area (Å²) in [4.78, 5) is 23.6. The SMILES string of the molecule is CCOc1ccc(NC(=O)CNc2cc(C(=O)OC)ccc2Cl)cc1. The largest absolute Gasteiger partial charge is 0.494 e. The van der Waals surface area contributed by atoms with Gasteiger partial charge in [0.2, 0.25) is 5.91 Å². The highest BCUT2D eigenvalue weighted by Gasteiger charge is 2.10. The first-order valence-corrected chi connectivity index (χ1v) is 8.05. The van der Waals surface area contributed by atoms with Crippen LogP contribution in [0, 0.1) is 0 Å². The van der Waals surface area contributed by atoms with Crippen LogP contribution in [-0.2, 0) is 9.53 Å². The van der Waals surface area contributed by atoms with Gasteiger partial charge in [-0.25, -0.2) is 4.79 Å². The van der Waals surface area contributed by atoms with E-state index in [1.54, 1.807) is 42.5 Å². The Morgan fingerprint density at radius 2 is 1.84 bits per heavy atom. The molecule has 132 valence electrons. The van der Waals surface area contributed by atoms with Crippen molar-refractivity contribution in [1.29, 1.82) is 0 Å². The van der Waals surface area contributed by atoms with Crippen LogP contribution in [0.1, 0.15) is 17.3 Å². The monoisotopic (exact) mass is 362 g/mol. The maximum atomic E-state index is 12.0. The van der Waals surface area contributed by atoms with Gasteiger partial charge in [-0.1, -0.05) is 11.6 Å². The fourth-order valence-corrected chi connectivity index (χ4v) is 2.27. The Labute approximate surface area is 151 Å². The van der Waals surface area contributed by atoms with Gasteiger partial charge < -0.3 is 20.1 Å². The van der Waals surface area contributed by atoms with Crippen LogP contribution < -0.4 is 15.4 Å². The van der Waals surface area contributed by atoms with Gasteiger partial charge in [0.05, 0.1) is 36.5 Å². The zero-order chi connectivity index (χ0) is 18.2. The lowest BCUT2D eigenvalue weighted by molar-refractivity contribution is -0.114. The maximum absolute atomic E-state index is 12.0. The molecule has 1 amide bonds. The number of carbonyl (C=O) groups excluding carboxylic acids is 2. The van der Waals surface area contributed by atoms with Gasteiger partial charge in [0.1, 0.15) is 5.75 Å². The third-order valence-corrected chi connectivity index (χ3v) is 3.61. The molecular weight excluding hydrogens is 344 g/mol. The van der Waals surface area contributed by atoms with E-state index in [-0.39, 0.29) is 12.5 Å². The molecule has 0 aromatic heterocycles. The minimum absolute atomic E-state index is 0.00242. The van der Waals surface area contributed by atoms with Gasteiger partial charge in [-0.2, -0.15) is 0 Å². The number of nitrogens with one attached hydrogen (secondary N) is 2. The lowest BCUT2D eigenvalue weighted by Gasteiger charge is -2.11. The molecule has 0 aliphatic heterocycles. The molecule has 0 atom stereocenters. The van der Waals surface area contributed by atoms with Crippen LogP contribution in [-0.4, -0.2) is 32.1 Å². The average molecular weight is 363 g/mol. The molecule has 2 rings (SSSR count). The Morgan fingerprint density at radius 3 is 2.48 bits per heavy atom. The first kappa shape index (κ1) is 18.6. The third-order valence-electron chi connectivity index (χ3n) is 3.28. The lowest BCUT2D eigenvalue weighted by Crippen LogP contribution is -2.22. The summed E-state index contributed by atoms with van der Waals surface area (Å²) in [7, 11) is 1.30. The predicted octanol–water partition coefficient (Wildman–Crippen LogP) is 3.58. The van der Waals surface area contributed by atoms with Crippen LogP contribution in [0.2, 0.25) is 5.02 Å². The van der Waals surface area contributed by atoms with Gasteiger partial charge in [-0.3, -0.25) is 4.79 Å². The molecule has 25 heavy (non-hydrogen) atoms. The summed E-state index contributed by atoms with van der Waals surface area (Å²) in [6.45, 7) is 2.49. The van der Waals surface area contributed by atoms with Crippen LogP contribution >= 0.6 is 11.6 Å². The Morgan fingerprint density at radius 1 is 1.12 bits per heavy atom. The molecule has 0 unspecified atom stereocenters. The van der Waals surface area contributed by atoms with E-state index in [0.29, 0.717) is 28.6 Å². The number of ether oxygens (including phenoxy) is 2. The van der Waals surface area contributed by atoms with Crippen LogP contribution in [0.25, 0.3) is 0 Å². The zero-order valence-electron chi connectivity index (χ0n) is 14.0. The highest BCUT2D eigenvalue weighted by Crippen LogP contribution is 2.23.